The van der Waals surface area contributed by atoms with Crippen molar-refractivity contribution in [2.75, 3.05) is 13.1 Å². The maximum Gasteiger partial charge on any atom is 0.220 e. The van der Waals surface area contributed by atoms with E-state index in [1.807, 2.05) is 0 Å². The van der Waals surface area contributed by atoms with Crippen molar-refractivity contribution in [2.24, 2.45) is 5.92 Å². The molecule has 19 heavy (non-hydrogen) atoms. The quantitative estimate of drug-likeness (QED) is 0.853. The van der Waals surface area contributed by atoms with Gasteiger partial charge in [0.25, 0.3) is 0 Å². The molecule has 1 aromatic carbocycles. The van der Waals surface area contributed by atoms with Crippen LogP contribution in [0.2, 0.25) is 0 Å². The molecule has 1 atom stereocenters. The highest BCUT2D eigenvalue weighted by atomic mass is 16.1. The summed E-state index contributed by atoms with van der Waals surface area (Å²) in [6.07, 6.45) is 2.87. The summed E-state index contributed by atoms with van der Waals surface area (Å²) in [5.41, 5.74) is 3.73. The first kappa shape index (κ1) is 14.1. The lowest BCUT2D eigenvalue weighted by Gasteiger charge is -2.10. The lowest BCUT2D eigenvalue weighted by molar-refractivity contribution is -0.121. The molecule has 1 unspecified atom stereocenters. The zero-order valence-corrected chi connectivity index (χ0v) is 12.0. The molecule has 0 bridgehead atoms. The maximum atomic E-state index is 11.8. The molecule has 3 nitrogen and oxygen atoms in total. The van der Waals surface area contributed by atoms with E-state index < -0.39 is 0 Å². The molecule has 1 fully saturated rings. The molecule has 1 aliphatic rings. The van der Waals surface area contributed by atoms with Crippen LogP contribution in [0.5, 0.6) is 0 Å². The summed E-state index contributed by atoms with van der Waals surface area (Å²) in [6, 6.07) is 6.36. The Morgan fingerprint density at radius 1 is 1.42 bits per heavy atom. The van der Waals surface area contributed by atoms with Gasteiger partial charge in [-0.25, -0.2) is 0 Å². The number of hydrogen-bond donors (Lipinski definition) is 2. The van der Waals surface area contributed by atoms with Crippen LogP contribution in [0.15, 0.2) is 18.2 Å². The van der Waals surface area contributed by atoms with E-state index in [-0.39, 0.29) is 5.91 Å². The van der Waals surface area contributed by atoms with E-state index in [1.165, 1.54) is 23.1 Å². The second-order valence-corrected chi connectivity index (χ2v) is 5.60. The van der Waals surface area contributed by atoms with Crippen LogP contribution in [0.1, 0.15) is 36.0 Å². The fourth-order valence-electron chi connectivity index (χ4n) is 2.62. The number of hydrogen-bond acceptors (Lipinski definition) is 2. The number of amides is 1. The van der Waals surface area contributed by atoms with Crippen LogP contribution in [0.4, 0.5) is 0 Å². The van der Waals surface area contributed by atoms with Crippen molar-refractivity contribution in [2.45, 2.75) is 39.7 Å². The number of carbonyl (C=O) groups excluding carboxylic acids is 1. The Kier molecular flexibility index (Phi) is 4.97. The van der Waals surface area contributed by atoms with Crippen molar-refractivity contribution in [3.05, 3.63) is 34.9 Å². The lowest BCUT2D eigenvalue weighted by Crippen LogP contribution is -2.23. The first-order chi connectivity index (χ1) is 9.15. The van der Waals surface area contributed by atoms with Crippen molar-refractivity contribution < 1.29 is 4.79 Å². The molecule has 1 saturated heterocycles. The lowest BCUT2D eigenvalue weighted by atomic mass is 10.0. The zero-order valence-electron chi connectivity index (χ0n) is 12.0. The summed E-state index contributed by atoms with van der Waals surface area (Å²) in [5.74, 6) is 0.860. The van der Waals surface area contributed by atoms with E-state index in [0.29, 0.717) is 18.9 Å². The Morgan fingerprint density at radius 3 is 2.95 bits per heavy atom. The number of carbonyl (C=O) groups is 1. The van der Waals surface area contributed by atoms with Gasteiger partial charge < -0.3 is 10.6 Å². The van der Waals surface area contributed by atoms with Crippen LogP contribution in [0.25, 0.3) is 0 Å². The summed E-state index contributed by atoms with van der Waals surface area (Å²) in [6.45, 7) is 7.01. The Labute approximate surface area is 115 Å². The predicted octanol–water partition coefficient (Wildman–Crippen LogP) is 2.31. The van der Waals surface area contributed by atoms with Gasteiger partial charge in [0, 0.05) is 13.0 Å². The van der Waals surface area contributed by atoms with Crippen molar-refractivity contribution in [3.8, 4) is 0 Å². The van der Waals surface area contributed by atoms with Crippen LogP contribution in [-0.2, 0) is 11.3 Å². The number of nitrogens with one attached hydrogen (secondary N) is 2. The molecular formula is C16H24N2O. The molecule has 0 radical (unpaired) electrons. The highest BCUT2D eigenvalue weighted by Gasteiger charge is 2.15. The molecule has 1 aromatic rings. The fourth-order valence-corrected chi connectivity index (χ4v) is 2.62. The summed E-state index contributed by atoms with van der Waals surface area (Å²) in [4.78, 5) is 11.8. The number of rotatable bonds is 5. The minimum absolute atomic E-state index is 0.173. The zero-order chi connectivity index (χ0) is 13.7. The third-order valence-electron chi connectivity index (χ3n) is 3.92. The van der Waals surface area contributed by atoms with E-state index in [9.17, 15) is 4.79 Å². The van der Waals surface area contributed by atoms with E-state index in [0.717, 1.165) is 19.5 Å². The second kappa shape index (κ2) is 6.71. The fraction of sp³-hybridized carbons (Fsp3) is 0.562. The van der Waals surface area contributed by atoms with Gasteiger partial charge in [0.15, 0.2) is 0 Å². The minimum atomic E-state index is 0.173. The molecule has 104 valence electrons. The maximum absolute atomic E-state index is 11.8. The SMILES string of the molecule is Cc1ccc(CNC(=O)CCC2CCNC2)c(C)c1. The smallest absolute Gasteiger partial charge is 0.220 e. The van der Waals surface area contributed by atoms with Crippen LogP contribution in [0, 0.1) is 19.8 Å². The molecule has 0 saturated carbocycles. The van der Waals surface area contributed by atoms with E-state index in [2.05, 4.69) is 42.7 Å². The molecule has 1 heterocycles. The standard InChI is InChI=1S/C16H24N2O/c1-12-3-5-15(13(2)9-12)11-18-16(19)6-4-14-7-8-17-10-14/h3,5,9,14,17H,4,6-8,10-11H2,1-2H3,(H,18,19). The Bertz CT molecular complexity index is 436. The van der Waals surface area contributed by atoms with Crippen molar-refractivity contribution >= 4 is 5.91 Å². The van der Waals surface area contributed by atoms with Gasteiger partial charge in [-0.3, -0.25) is 4.79 Å². The average molecular weight is 260 g/mol. The predicted molar refractivity (Wildman–Crippen MR) is 78.0 cm³/mol. The van der Waals surface area contributed by atoms with Gasteiger partial charge in [0.2, 0.25) is 5.91 Å². The van der Waals surface area contributed by atoms with Gasteiger partial charge in [-0.15, -0.1) is 0 Å². The minimum Gasteiger partial charge on any atom is -0.352 e. The van der Waals surface area contributed by atoms with Crippen LogP contribution in [-0.4, -0.2) is 19.0 Å². The number of benzene rings is 1. The van der Waals surface area contributed by atoms with Crippen LogP contribution in [0.3, 0.4) is 0 Å². The van der Waals surface area contributed by atoms with Gasteiger partial charge >= 0.3 is 0 Å². The van der Waals surface area contributed by atoms with Gasteiger partial charge in [0.1, 0.15) is 0 Å². The third kappa shape index (κ3) is 4.35. The van der Waals surface area contributed by atoms with Gasteiger partial charge in [-0.1, -0.05) is 23.8 Å². The highest BCUT2D eigenvalue weighted by molar-refractivity contribution is 5.75. The van der Waals surface area contributed by atoms with E-state index >= 15 is 0 Å². The van der Waals surface area contributed by atoms with Crippen molar-refractivity contribution in [1.29, 1.82) is 0 Å². The molecule has 0 aromatic heterocycles. The molecular weight excluding hydrogens is 236 g/mol. The van der Waals surface area contributed by atoms with E-state index in [4.69, 9.17) is 0 Å². The normalized spacial score (nSPS) is 18.5. The van der Waals surface area contributed by atoms with Gasteiger partial charge in [-0.05, 0) is 56.8 Å². The number of aryl methyl sites for hydroxylation is 2. The molecule has 3 heteroatoms. The second-order valence-electron chi connectivity index (χ2n) is 5.60. The Hall–Kier alpha value is -1.35. The summed E-state index contributed by atoms with van der Waals surface area (Å²) in [5, 5.41) is 6.36. The molecule has 0 spiro atoms. The summed E-state index contributed by atoms with van der Waals surface area (Å²) >= 11 is 0. The first-order valence-corrected chi connectivity index (χ1v) is 7.18. The topological polar surface area (TPSA) is 41.1 Å². The summed E-state index contributed by atoms with van der Waals surface area (Å²) < 4.78 is 0. The molecule has 2 N–H and O–H groups in total. The molecule has 2 rings (SSSR count). The molecule has 0 aliphatic carbocycles. The van der Waals surface area contributed by atoms with Crippen molar-refractivity contribution in [3.63, 3.8) is 0 Å². The van der Waals surface area contributed by atoms with Crippen molar-refractivity contribution in [1.82, 2.24) is 10.6 Å². The molecule has 1 amide bonds. The average Bonchev–Trinajstić information content (AvgIpc) is 2.88. The largest absolute Gasteiger partial charge is 0.352 e. The third-order valence-corrected chi connectivity index (χ3v) is 3.92. The summed E-state index contributed by atoms with van der Waals surface area (Å²) in [7, 11) is 0. The van der Waals surface area contributed by atoms with Crippen LogP contribution >= 0.6 is 0 Å². The van der Waals surface area contributed by atoms with Gasteiger partial charge in [-0.2, -0.15) is 0 Å². The Morgan fingerprint density at radius 2 is 2.26 bits per heavy atom. The van der Waals surface area contributed by atoms with Gasteiger partial charge in [0.05, 0.1) is 0 Å². The van der Waals surface area contributed by atoms with E-state index in [1.54, 1.807) is 0 Å². The Balaban J connectivity index is 1.73. The first-order valence-electron chi connectivity index (χ1n) is 7.18. The van der Waals surface area contributed by atoms with Crippen LogP contribution < -0.4 is 10.6 Å². The molecule has 1 aliphatic heterocycles. The highest BCUT2D eigenvalue weighted by Crippen LogP contribution is 2.14. The monoisotopic (exact) mass is 260 g/mol.